The molecule has 108 valence electrons. The van der Waals surface area contributed by atoms with Crippen molar-refractivity contribution >= 4 is 0 Å². The monoisotopic (exact) mass is 273 g/mol. The van der Waals surface area contributed by atoms with E-state index in [1.807, 2.05) is 30.3 Å². The second-order valence-corrected chi connectivity index (χ2v) is 5.07. The smallest absolute Gasteiger partial charge is 0.204 e. The predicted octanol–water partition coefficient (Wildman–Crippen LogP) is 2.68. The van der Waals surface area contributed by atoms with Crippen LogP contribution in [-0.2, 0) is 0 Å². The maximum atomic E-state index is 4.46. The lowest BCUT2D eigenvalue weighted by atomic mass is 10.1. The minimum atomic E-state index is 0.195. The van der Waals surface area contributed by atoms with E-state index in [0.29, 0.717) is 11.9 Å². The van der Waals surface area contributed by atoms with E-state index in [1.54, 1.807) is 4.80 Å². The Hall–Kier alpha value is -1.75. The van der Waals surface area contributed by atoms with E-state index >= 15 is 0 Å². The van der Waals surface area contributed by atoms with Crippen molar-refractivity contribution < 1.29 is 0 Å². The predicted molar refractivity (Wildman–Crippen MR) is 80.3 cm³/mol. The zero-order valence-electron chi connectivity index (χ0n) is 12.5. The van der Waals surface area contributed by atoms with E-state index in [9.17, 15) is 0 Å². The van der Waals surface area contributed by atoms with Crippen LogP contribution < -0.4 is 5.32 Å². The molecule has 2 aromatic rings. The van der Waals surface area contributed by atoms with E-state index in [1.165, 1.54) is 0 Å². The van der Waals surface area contributed by atoms with Gasteiger partial charge in [-0.05, 0) is 25.0 Å². The van der Waals surface area contributed by atoms with Gasteiger partial charge in [0.2, 0.25) is 5.82 Å². The van der Waals surface area contributed by atoms with Gasteiger partial charge < -0.3 is 5.32 Å². The van der Waals surface area contributed by atoms with Crippen LogP contribution in [0.25, 0.3) is 11.4 Å². The number of rotatable bonds is 7. The average Bonchev–Trinajstić information content (AvgIpc) is 2.99. The molecule has 1 aromatic heterocycles. The van der Waals surface area contributed by atoms with Crippen molar-refractivity contribution in [2.45, 2.75) is 45.7 Å². The van der Waals surface area contributed by atoms with Crippen LogP contribution in [0.15, 0.2) is 30.3 Å². The highest BCUT2D eigenvalue weighted by Gasteiger charge is 2.12. The third-order valence-corrected chi connectivity index (χ3v) is 3.54. The molecule has 1 aromatic carbocycles. The summed E-state index contributed by atoms with van der Waals surface area (Å²) in [6, 6.07) is 10.7. The molecule has 0 radical (unpaired) electrons. The molecule has 1 N–H and O–H groups in total. The molecule has 1 unspecified atom stereocenters. The van der Waals surface area contributed by atoms with Crippen molar-refractivity contribution in [1.29, 1.82) is 0 Å². The topological polar surface area (TPSA) is 55.6 Å². The van der Waals surface area contributed by atoms with Gasteiger partial charge in [-0.1, -0.05) is 44.2 Å². The molecular formula is C15H23N5. The molecule has 1 heterocycles. The summed E-state index contributed by atoms with van der Waals surface area (Å²) in [5, 5.41) is 16.3. The molecule has 0 aliphatic rings. The summed E-state index contributed by atoms with van der Waals surface area (Å²) < 4.78 is 0. The highest BCUT2D eigenvalue weighted by atomic mass is 15.6. The normalized spacial score (nSPS) is 12.8. The lowest BCUT2D eigenvalue weighted by Gasteiger charge is -2.17. The zero-order chi connectivity index (χ0) is 14.4. The molecule has 0 aliphatic carbocycles. The lowest BCUT2D eigenvalue weighted by molar-refractivity contribution is 0.369. The summed E-state index contributed by atoms with van der Waals surface area (Å²) in [7, 11) is 0. The van der Waals surface area contributed by atoms with E-state index in [2.05, 4.69) is 41.5 Å². The second-order valence-electron chi connectivity index (χ2n) is 5.07. The van der Waals surface area contributed by atoms with Gasteiger partial charge in [0.25, 0.3) is 0 Å². The Balaban J connectivity index is 1.98. The van der Waals surface area contributed by atoms with Crippen molar-refractivity contribution in [3.8, 4) is 11.4 Å². The Labute approximate surface area is 120 Å². The van der Waals surface area contributed by atoms with Crippen LogP contribution in [0.5, 0.6) is 0 Å². The van der Waals surface area contributed by atoms with Gasteiger partial charge in [0, 0.05) is 18.2 Å². The Morgan fingerprint density at radius 3 is 2.50 bits per heavy atom. The first-order valence-electron chi connectivity index (χ1n) is 7.32. The van der Waals surface area contributed by atoms with Crippen LogP contribution in [0.2, 0.25) is 0 Å². The van der Waals surface area contributed by atoms with Gasteiger partial charge in [0.1, 0.15) is 0 Å². The first kappa shape index (κ1) is 14.7. The van der Waals surface area contributed by atoms with Gasteiger partial charge >= 0.3 is 0 Å². The molecule has 0 saturated carbocycles. The van der Waals surface area contributed by atoms with Crippen LogP contribution in [-0.4, -0.2) is 32.8 Å². The molecule has 0 bridgehead atoms. The number of hydrogen-bond acceptors (Lipinski definition) is 4. The number of benzene rings is 1. The van der Waals surface area contributed by atoms with Crippen LogP contribution in [0.4, 0.5) is 0 Å². The third-order valence-electron chi connectivity index (χ3n) is 3.54. The first-order chi connectivity index (χ1) is 9.74. The molecule has 20 heavy (non-hydrogen) atoms. The van der Waals surface area contributed by atoms with Gasteiger partial charge in [-0.2, -0.15) is 4.80 Å². The van der Waals surface area contributed by atoms with Gasteiger partial charge in [-0.15, -0.1) is 10.2 Å². The molecule has 1 atom stereocenters. The number of nitrogens with zero attached hydrogens (tertiary/aromatic N) is 4. The standard InChI is InChI=1S/C15H23N5/c1-4-14(5-2)16-11-12(3)20-18-15(17-19-20)13-9-7-6-8-10-13/h6-10,12,14,16H,4-5,11H2,1-3H3. The van der Waals surface area contributed by atoms with Crippen LogP contribution in [0.1, 0.15) is 39.7 Å². The summed E-state index contributed by atoms with van der Waals surface area (Å²) in [6.07, 6.45) is 2.28. The summed E-state index contributed by atoms with van der Waals surface area (Å²) in [6.45, 7) is 7.36. The quantitative estimate of drug-likeness (QED) is 0.842. The Morgan fingerprint density at radius 2 is 1.85 bits per heavy atom. The minimum absolute atomic E-state index is 0.195. The molecule has 0 spiro atoms. The summed E-state index contributed by atoms with van der Waals surface area (Å²) in [5.74, 6) is 0.681. The summed E-state index contributed by atoms with van der Waals surface area (Å²) in [4.78, 5) is 1.69. The Morgan fingerprint density at radius 1 is 1.15 bits per heavy atom. The highest BCUT2D eigenvalue weighted by Crippen LogP contribution is 2.13. The number of aromatic nitrogens is 4. The van der Waals surface area contributed by atoms with Crippen LogP contribution in [0, 0.1) is 0 Å². The molecule has 0 saturated heterocycles. The van der Waals surface area contributed by atoms with Gasteiger partial charge in [0.15, 0.2) is 0 Å². The molecule has 0 amide bonds. The third kappa shape index (κ3) is 3.63. The SMILES string of the molecule is CCC(CC)NCC(C)n1nnc(-c2ccccc2)n1. The van der Waals surface area contributed by atoms with Crippen molar-refractivity contribution in [2.24, 2.45) is 0 Å². The maximum Gasteiger partial charge on any atom is 0.204 e. The van der Waals surface area contributed by atoms with Gasteiger partial charge in [-0.25, -0.2) is 0 Å². The Kier molecular flexibility index (Phi) is 5.24. The van der Waals surface area contributed by atoms with E-state index < -0.39 is 0 Å². The van der Waals surface area contributed by atoms with Crippen molar-refractivity contribution in [3.05, 3.63) is 30.3 Å². The molecule has 2 rings (SSSR count). The minimum Gasteiger partial charge on any atom is -0.312 e. The lowest BCUT2D eigenvalue weighted by Crippen LogP contribution is -2.33. The molecular weight excluding hydrogens is 250 g/mol. The first-order valence-corrected chi connectivity index (χ1v) is 7.32. The molecule has 5 nitrogen and oxygen atoms in total. The summed E-state index contributed by atoms with van der Waals surface area (Å²) >= 11 is 0. The zero-order valence-corrected chi connectivity index (χ0v) is 12.5. The molecule has 0 aliphatic heterocycles. The second kappa shape index (κ2) is 7.14. The fourth-order valence-corrected chi connectivity index (χ4v) is 2.11. The molecule has 5 heteroatoms. The maximum absolute atomic E-state index is 4.46. The molecule has 0 fully saturated rings. The number of hydrogen-bond donors (Lipinski definition) is 1. The Bertz CT molecular complexity index is 504. The van der Waals surface area contributed by atoms with Crippen molar-refractivity contribution in [3.63, 3.8) is 0 Å². The van der Waals surface area contributed by atoms with E-state index in [-0.39, 0.29) is 6.04 Å². The van der Waals surface area contributed by atoms with Gasteiger partial charge in [-0.3, -0.25) is 0 Å². The van der Waals surface area contributed by atoms with E-state index in [0.717, 1.165) is 24.9 Å². The van der Waals surface area contributed by atoms with Gasteiger partial charge in [0.05, 0.1) is 6.04 Å². The largest absolute Gasteiger partial charge is 0.312 e. The fourth-order valence-electron chi connectivity index (χ4n) is 2.11. The number of tetrazole rings is 1. The van der Waals surface area contributed by atoms with Crippen LogP contribution in [0.3, 0.4) is 0 Å². The fraction of sp³-hybridized carbons (Fsp3) is 0.533. The van der Waals surface area contributed by atoms with Crippen LogP contribution >= 0.6 is 0 Å². The highest BCUT2D eigenvalue weighted by molar-refractivity contribution is 5.52. The van der Waals surface area contributed by atoms with Crippen molar-refractivity contribution in [1.82, 2.24) is 25.5 Å². The van der Waals surface area contributed by atoms with Crippen molar-refractivity contribution in [2.75, 3.05) is 6.54 Å². The number of nitrogens with one attached hydrogen (secondary N) is 1. The van der Waals surface area contributed by atoms with E-state index in [4.69, 9.17) is 0 Å². The summed E-state index contributed by atoms with van der Waals surface area (Å²) in [5.41, 5.74) is 0.999. The average molecular weight is 273 g/mol.